The highest BCUT2D eigenvalue weighted by atomic mass is 35.5. The van der Waals surface area contributed by atoms with Crippen molar-refractivity contribution in [2.45, 2.75) is 38.8 Å². The van der Waals surface area contributed by atoms with E-state index in [4.69, 9.17) is 58.0 Å². The normalized spacial score (nSPS) is 12.1. The molecule has 0 saturated heterocycles. The number of rotatable bonds is 13. The van der Waals surface area contributed by atoms with Gasteiger partial charge in [-0.1, -0.05) is 108 Å². The molecule has 3 aromatic carbocycles. The van der Waals surface area contributed by atoms with Crippen LogP contribution in [0.15, 0.2) is 60.7 Å². The number of nitrogens with zero attached hydrogens (tertiary/aromatic N) is 2. The number of hydrogen-bond donors (Lipinski definition) is 1. The SMILES string of the molecule is CCCCNC(=O)[C@H](Cc1ccccc1)N(Cc1ccc(Cl)c(Cl)c1)C(=O)CN(c1cc(Cl)c(Cl)cc1Cl)S(C)(=O)=O. The van der Waals surface area contributed by atoms with E-state index in [1.807, 2.05) is 37.3 Å². The Morgan fingerprint density at radius 1 is 0.833 bits per heavy atom. The minimum absolute atomic E-state index is 0.0168. The molecule has 0 aliphatic heterocycles. The third-order valence-corrected chi connectivity index (χ3v) is 9.27. The number of halogens is 5. The third-order valence-electron chi connectivity index (χ3n) is 6.38. The maximum absolute atomic E-state index is 14.1. The van der Waals surface area contributed by atoms with E-state index in [2.05, 4.69) is 5.32 Å². The lowest BCUT2D eigenvalue weighted by atomic mass is 10.0. The standard InChI is InChI=1S/C29H30Cl5N3O4S/c1-3-4-12-35-29(39)27(14-19-8-6-5-7-9-19)36(17-20-10-11-21(30)22(31)13-20)28(38)18-37(42(2,40)41)26-16-24(33)23(32)15-25(26)34/h5-11,13,15-16,27H,3-4,12,14,17-18H2,1-2H3,(H,35,39)/t27-/m0/s1. The smallest absolute Gasteiger partial charge is 0.244 e. The molecule has 0 aliphatic carbocycles. The fourth-order valence-corrected chi connectivity index (χ4v) is 6.06. The summed E-state index contributed by atoms with van der Waals surface area (Å²) in [6, 6.07) is 15.7. The van der Waals surface area contributed by atoms with Crippen molar-refractivity contribution in [1.82, 2.24) is 10.2 Å². The van der Waals surface area contributed by atoms with E-state index in [9.17, 15) is 18.0 Å². The molecule has 0 spiro atoms. The van der Waals surface area contributed by atoms with E-state index in [1.54, 1.807) is 18.2 Å². The van der Waals surface area contributed by atoms with Crippen molar-refractivity contribution in [2.24, 2.45) is 0 Å². The monoisotopic (exact) mass is 691 g/mol. The first kappa shape index (κ1) is 34.3. The first-order valence-electron chi connectivity index (χ1n) is 13.0. The number of carbonyl (C=O) groups excluding carboxylic acids is 2. The molecular weight excluding hydrogens is 664 g/mol. The zero-order valence-electron chi connectivity index (χ0n) is 22.9. The van der Waals surface area contributed by atoms with Crippen molar-refractivity contribution in [1.29, 1.82) is 0 Å². The Balaban J connectivity index is 2.09. The van der Waals surface area contributed by atoms with Gasteiger partial charge in [0.2, 0.25) is 21.8 Å². The van der Waals surface area contributed by atoms with Crippen LogP contribution in [-0.2, 0) is 32.6 Å². The molecule has 2 amide bonds. The molecule has 3 rings (SSSR count). The van der Waals surface area contributed by atoms with E-state index in [1.165, 1.54) is 17.0 Å². The average molecular weight is 694 g/mol. The molecule has 7 nitrogen and oxygen atoms in total. The predicted octanol–water partition coefficient (Wildman–Crippen LogP) is 7.28. The van der Waals surface area contributed by atoms with Crippen LogP contribution in [-0.4, -0.2) is 50.5 Å². The maximum atomic E-state index is 14.1. The number of anilines is 1. The van der Waals surface area contributed by atoms with Gasteiger partial charge < -0.3 is 10.2 Å². The van der Waals surface area contributed by atoms with E-state index in [0.29, 0.717) is 17.1 Å². The van der Waals surface area contributed by atoms with Crippen LogP contribution in [0.2, 0.25) is 25.1 Å². The van der Waals surface area contributed by atoms with Gasteiger partial charge in [0.1, 0.15) is 12.6 Å². The number of nitrogens with one attached hydrogen (secondary N) is 1. The summed E-state index contributed by atoms with van der Waals surface area (Å²) in [7, 11) is -4.05. The van der Waals surface area contributed by atoms with Gasteiger partial charge in [-0.05, 0) is 41.8 Å². The molecule has 42 heavy (non-hydrogen) atoms. The summed E-state index contributed by atoms with van der Waals surface area (Å²) in [5, 5.41) is 3.68. The van der Waals surface area contributed by atoms with Crippen molar-refractivity contribution < 1.29 is 18.0 Å². The van der Waals surface area contributed by atoms with Crippen molar-refractivity contribution in [2.75, 3.05) is 23.7 Å². The summed E-state index contributed by atoms with van der Waals surface area (Å²) in [4.78, 5) is 29.1. The Morgan fingerprint density at radius 2 is 1.48 bits per heavy atom. The van der Waals surface area contributed by atoms with Gasteiger partial charge in [0.15, 0.2) is 0 Å². The van der Waals surface area contributed by atoms with Crippen LogP contribution in [0.5, 0.6) is 0 Å². The fourth-order valence-electron chi connectivity index (χ4n) is 4.19. The van der Waals surface area contributed by atoms with Crippen LogP contribution in [0.4, 0.5) is 5.69 Å². The highest BCUT2D eigenvalue weighted by Gasteiger charge is 2.33. The van der Waals surface area contributed by atoms with Gasteiger partial charge in [-0.25, -0.2) is 8.42 Å². The number of amides is 2. The zero-order chi connectivity index (χ0) is 31.0. The zero-order valence-corrected chi connectivity index (χ0v) is 27.5. The molecular formula is C29H30Cl5N3O4S. The van der Waals surface area contributed by atoms with Crippen molar-refractivity contribution in [3.8, 4) is 0 Å². The first-order valence-corrected chi connectivity index (χ1v) is 16.7. The van der Waals surface area contributed by atoms with E-state index < -0.39 is 28.5 Å². The molecule has 0 unspecified atom stereocenters. The molecule has 0 heterocycles. The summed E-state index contributed by atoms with van der Waals surface area (Å²) in [6.45, 7) is 1.71. The fraction of sp³-hybridized carbons (Fsp3) is 0.310. The summed E-state index contributed by atoms with van der Waals surface area (Å²) in [5.41, 5.74) is 1.38. The molecule has 1 N–H and O–H groups in total. The Morgan fingerprint density at radius 3 is 2.10 bits per heavy atom. The van der Waals surface area contributed by atoms with Crippen molar-refractivity contribution in [3.63, 3.8) is 0 Å². The van der Waals surface area contributed by atoms with Crippen LogP contribution in [0.1, 0.15) is 30.9 Å². The minimum Gasteiger partial charge on any atom is -0.354 e. The molecule has 0 aromatic heterocycles. The number of benzene rings is 3. The lowest BCUT2D eigenvalue weighted by molar-refractivity contribution is -0.140. The lowest BCUT2D eigenvalue weighted by Gasteiger charge is -2.33. The van der Waals surface area contributed by atoms with E-state index in [0.717, 1.165) is 29.0 Å². The van der Waals surface area contributed by atoms with Crippen LogP contribution < -0.4 is 9.62 Å². The largest absolute Gasteiger partial charge is 0.354 e. The Hall–Kier alpha value is -2.20. The summed E-state index contributed by atoms with van der Waals surface area (Å²) in [5.74, 6) is -1.03. The quantitative estimate of drug-likeness (QED) is 0.151. The van der Waals surface area contributed by atoms with Gasteiger partial charge in [0, 0.05) is 19.5 Å². The van der Waals surface area contributed by atoms with E-state index >= 15 is 0 Å². The number of unbranched alkanes of at least 4 members (excludes halogenated alkanes) is 1. The number of hydrogen-bond acceptors (Lipinski definition) is 4. The van der Waals surface area contributed by atoms with Gasteiger partial charge in [-0.3, -0.25) is 13.9 Å². The van der Waals surface area contributed by atoms with Crippen LogP contribution in [0.3, 0.4) is 0 Å². The topological polar surface area (TPSA) is 86.8 Å². The first-order chi connectivity index (χ1) is 19.8. The van der Waals surface area contributed by atoms with E-state index in [-0.39, 0.29) is 44.7 Å². The third kappa shape index (κ3) is 9.40. The van der Waals surface area contributed by atoms with Crippen LogP contribution in [0, 0.1) is 0 Å². The molecule has 0 radical (unpaired) electrons. The Kier molecular flexibility index (Phi) is 12.7. The predicted molar refractivity (Wildman–Crippen MR) is 173 cm³/mol. The molecule has 226 valence electrons. The summed E-state index contributed by atoms with van der Waals surface area (Å²) >= 11 is 31.0. The second-order valence-corrected chi connectivity index (χ2v) is 13.6. The highest BCUT2D eigenvalue weighted by molar-refractivity contribution is 7.92. The molecule has 13 heteroatoms. The number of sulfonamides is 1. The van der Waals surface area contributed by atoms with Crippen LogP contribution >= 0.6 is 58.0 Å². The summed E-state index contributed by atoms with van der Waals surface area (Å²) < 4.78 is 26.8. The van der Waals surface area contributed by atoms with Crippen molar-refractivity contribution in [3.05, 3.63) is 96.9 Å². The molecule has 0 aliphatic rings. The Labute approximate surface area is 271 Å². The van der Waals surface area contributed by atoms with Gasteiger partial charge in [0.05, 0.1) is 37.1 Å². The van der Waals surface area contributed by atoms with Crippen molar-refractivity contribution >= 4 is 85.5 Å². The molecule has 0 fully saturated rings. The summed E-state index contributed by atoms with van der Waals surface area (Å²) in [6.07, 6.45) is 2.74. The minimum atomic E-state index is -4.05. The molecule has 1 atom stereocenters. The van der Waals surface area contributed by atoms with Gasteiger partial charge in [-0.2, -0.15) is 0 Å². The van der Waals surface area contributed by atoms with Crippen LogP contribution in [0.25, 0.3) is 0 Å². The second kappa shape index (κ2) is 15.5. The van der Waals surface area contributed by atoms with Gasteiger partial charge in [-0.15, -0.1) is 0 Å². The molecule has 3 aromatic rings. The lowest BCUT2D eigenvalue weighted by Crippen LogP contribution is -2.53. The molecule has 0 bridgehead atoms. The second-order valence-electron chi connectivity index (χ2n) is 9.61. The van der Waals surface area contributed by atoms with Gasteiger partial charge in [0.25, 0.3) is 0 Å². The highest BCUT2D eigenvalue weighted by Crippen LogP contribution is 2.36. The Bertz CT molecular complexity index is 1520. The maximum Gasteiger partial charge on any atom is 0.244 e. The molecule has 0 saturated carbocycles. The average Bonchev–Trinajstić information content (AvgIpc) is 2.93. The van der Waals surface area contributed by atoms with Gasteiger partial charge >= 0.3 is 0 Å². The number of carbonyl (C=O) groups is 2.